The number of rotatable bonds is 2. The Morgan fingerprint density at radius 1 is 1.10 bits per heavy atom. The highest BCUT2D eigenvalue weighted by Crippen LogP contribution is 2.42. The molecule has 2 bridgehead atoms. The lowest BCUT2D eigenvalue weighted by atomic mass is 9.97. The molecule has 0 N–H and O–H groups in total. The van der Waals surface area contributed by atoms with Crippen LogP contribution in [0.2, 0.25) is 5.02 Å². The minimum atomic E-state index is 0.448. The number of halogens is 1. The van der Waals surface area contributed by atoms with Crippen molar-refractivity contribution in [2.24, 2.45) is 0 Å². The normalized spacial score (nSPS) is 28.1. The van der Waals surface area contributed by atoms with E-state index in [-0.39, 0.29) is 0 Å². The quantitative estimate of drug-likeness (QED) is 0.855. The maximum atomic E-state index is 6.00. The Morgan fingerprint density at radius 2 is 1.86 bits per heavy atom. The van der Waals surface area contributed by atoms with Gasteiger partial charge >= 0.3 is 0 Å². The van der Waals surface area contributed by atoms with Crippen molar-refractivity contribution in [3.05, 3.63) is 35.5 Å². The highest BCUT2D eigenvalue weighted by molar-refractivity contribution is 6.30. The van der Waals surface area contributed by atoms with Crippen molar-refractivity contribution in [3.8, 4) is 0 Å². The molecule has 2 aromatic heterocycles. The molecule has 2 saturated heterocycles. The van der Waals surface area contributed by atoms with Crippen LogP contribution >= 0.6 is 11.6 Å². The largest absolute Gasteiger partial charge is 0.349 e. The first-order valence-electron chi connectivity index (χ1n) is 7.47. The van der Waals surface area contributed by atoms with Crippen LogP contribution in [0.5, 0.6) is 0 Å². The maximum Gasteiger partial charge on any atom is 0.147 e. The molecule has 0 aliphatic carbocycles. The van der Waals surface area contributed by atoms with Crippen LogP contribution in [-0.2, 0) is 0 Å². The molecule has 2 atom stereocenters. The van der Waals surface area contributed by atoms with Gasteiger partial charge in [0.25, 0.3) is 0 Å². The Labute approximate surface area is 129 Å². The summed E-state index contributed by atoms with van der Waals surface area (Å²) in [6.07, 6.45) is 12.0. The summed E-state index contributed by atoms with van der Waals surface area (Å²) in [6, 6.07) is 1.52. The molecule has 0 aromatic carbocycles. The van der Waals surface area contributed by atoms with Gasteiger partial charge in [0, 0.05) is 24.5 Å². The van der Waals surface area contributed by atoms with Gasteiger partial charge in [-0.3, -0.25) is 9.67 Å². The lowest BCUT2D eigenvalue weighted by Gasteiger charge is -2.39. The fourth-order valence-electron chi connectivity index (χ4n) is 3.83. The SMILES string of the molecule is Cc1cncc(N2C3CCC2CC(n2cc(Cl)cn2)C3)n1. The molecule has 2 aliphatic rings. The minimum Gasteiger partial charge on any atom is -0.349 e. The number of nitrogens with zero attached hydrogens (tertiary/aromatic N) is 5. The molecule has 0 spiro atoms. The summed E-state index contributed by atoms with van der Waals surface area (Å²) in [5.41, 5.74) is 0.980. The van der Waals surface area contributed by atoms with Gasteiger partial charge in [-0.1, -0.05) is 11.6 Å². The van der Waals surface area contributed by atoms with Gasteiger partial charge in [0.15, 0.2) is 0 Å². The molecule has 21 heavy (non-hydrogen) atoms. The molecular formula is C15H18ClN5. The Morgan fingerprint density at radius 3 is 2.48 bits per heavy atom. The van der Waals surface area contributed by atoms with Crippen molar-refractivity contribution in [2.75, 3.05) is 4.90 Å². The predicted molar refractivity (Wildman–Crippen MR) is 81.6 cm³/mol. The Hall–Kier alpha value is -1.62. The number of piperidine rings is 1. The summed E-state index contributed by atoms with van der Waals surface area (Å²) in [7, 11) is 0. The van der Waals surface area contributed by atoms with E-state index in [1.54, 1.807) is 6.20 Å². The van der Waals surface area contributed by atoms with E-state index in [1.807, 2.05) is 30.2 Å². The number of anilines is 1. The molecule has 2 fully saturated rings. The molecule has 0 radical (unpaired) electrons. The maximum absolute atomic E-state index is 6.00. The number of aryl methyl sites for hydroxylation is 1. The topological polar surface area (TPSA) is 46.8 Å². The molecule has 6 heteroatoms. The number of hydrogen-bond donors (Lipinski definition) is 0. The first kappa shape index (κ1) is 13.1. The smallest absolute Gasteiger partial charge is 0.147 e. The van der Waals surface area contributed by atoms with Gasteiger partial charge in [-0.25, -0.2) is 4.98 Å². The van der Waals surface area contributed by atoms with E-state index in [1.165, 1.54) is 12.8 Å². The van der Waals surface area contributed by atoms with Gasteiger partial charge in [-0.15, -0.1) is 0 Å². The zero-order valence-electron chi connectivity index (χ0n) is 12.0. The highest BCUT2D eigenvalue weighted by Gasteiger charge is 2.42. The van der Waals surface area contributed by atoms with E-state index in [2.05, 4.69) is 20.0 Å². The van der Waals surface area contributed by atoms with E-state index in [0.717, 1.165) is 24.4 Å². The van der Waals surface area contributed by atoms with Crippen LogP contribution in [-0.4, -0.2) is 31.8 Å². The zero-order chi connectivity index (χ0) is 14.4. The standard InChI is InChI=1S/C15H18ClN5/c1-10-6-17-8-15(19-10)21-12-2-3-13(21)5-14(4-12)20-9-11(16)7-18-20/h6-9,12-14H,2-5H2,1H3. The summed E-state index contributed by atoms with van der Waals surface area (Å²) >= 11 is 6.00. The fourth-order valence-corrected chi connectivity index (χ4v) is 3.97. The van der Waals surface area contributed by atoms with E-state index in [0.29, 0.717) is 23.1 Å². The predicted octanol–water partition coefficient (Wildman–Crippen LogP) is 3.01. The molecule has 4 heterocycles. The van der Waals surface area contributed by atoms with Gasteiger partial charge in [0.05, 0.1) is 29.2 Å². The van der Waals surface area contributed by atoms with Crippen molar-refractivity contribution < 1.29 is 0 Å². The highest BCUT2D eigenvalue weighted by atomic mass is 35.5. The number of hydrogen-bond acceptors (Lipinski definition) is 4. The van der Waals surface area contributed by atoms with Gasteiger partial charge in [-0.05, 0) is 32.6 Å². The minimum absolute atomic E-state index is 0.448. The fraction of sp³-hybridized carbons (Fsp3) is 0.533. The molecule has 2 aliphatic heterocycles. The Kier molecular flexibility index (Phi) is 3.10. The monoisotopic (exact) mass is 303 g/mol. The van der Waals surface area contributed by atoms with Crippen LogP contribution in [0, 0.1) is 6.92 Å². The molecule has 0 amide bonds. The van der Waals surface area contributed by atoms with Crippen LogP contribution in [0.4, 0.5) is 5.82 Å². The van der Waals surface area contributed by atoms with Crippen molar-refractivity contribution in [3.63, 3.8) is 0 Å². The Bertz CT molecular complexity index is 641. The summed E-state index contributed by atoms with van der Waals surface area (Å²) in [5.74, 6) is 1.03. The molecule has 4 rings (SSSR count). The van der Waals surface area contributed by atoms with Crippen LogP contribution in [0.1, 0.15) is 37.4 Å². The summed E-state index contributed by atoms with van der Waals surface area (Å²) in [4.78, 5) is 11.4. The zero-order valence-corrected chi connectivity index (χ0v) is 12.7. The molecule has 2 unspecified atom stereocenters. The Balaban J connectivity index is 1.59. The molecule has 110 valence electrons. The van der Waals surface area contributed by atoms with Crippen LogP contribution < -0.4 is 4.90 Å². The van der Waals surface area contributed by atoms with E-state index >= 15 is 0 Å². The van der Waals surface area contributed by atoms with Crippen molar-refractivity contribution in [1.29, 1.82) is 0 Å². The summed E-state index contributed by atoms with van der Waals surface area (Å²) in [5, 5.41) is 5.10. The molecular weight excluding hydrogens is 286 g/mol. The van der Waals surface area contributed by atoms with Gasteiger partial charge in [0.2, 0.25) is 0 Å². The van der Waals surface area contributed by atoms with E-state index in [9.17, 15) is 0 Å². The number of aromatic nitrogens is 4. The second-order valence-electron chi connectivity index (χ2n) is 6.07. The second-order valence-corrected chi connectivity index (χ2v) is 6.51. The van der Waals surface area contributed by atoms with E-state index in [4.69, 9.17) is 11.6 Å². The first-order valence-corrected chi connectivity index (χ1v) is 7.85. The number of fused-ring (bicyclic) bond motifs is 2. The van der Waals surface area contributed by atoms with Crippen LogP contribution in [0.3, 0.4) is 0 Å². The lowest BCUT2D eigenvalue weighted by Crippen LogP contribution is -2.44. The summed E-state index contributed by atoms with van der Waals surface area (Å²) < 4.78 is 2.03. The van der Waals surface area contributed by atoms with Crippen molar-refractivity contribution >= 4 is 17.4 Å². The molecule has 0 saturated carbocycles. The third kappa shape index (κ3) is 2.29. The average molecular weight is 304 g/mol. The second kappa shape index (κ2) is 4.98. The van der Waals surface area contributed by atoms with Gasteiger partial charge < -0.3 is 4.90 Å². The van der Waals surface area contributed by atoms with Crippen molar-refractivity contribution in [2.45, 2.75) is 50.7 Å². The van der Waals surface area contributed by atoms with Crippen LogP contribution in [0.25, 0.3) is 0 Å². The third-order valence-corrected chi connectivity index (χ3v) is 4.85. The molecule has 5 nitrogen and oxygen atoms in total. The molecule has 2 aromatic rings. The van der Waals surface area contributed by atoms with Crippen molar-refractivity contribution in [1.82, 2.24) is 19.7 Å². The lowest BCUT2D eigenvalue weighted by molar-refractivity contribution is 0.313. The van der Waals surface area contributed by atoms with E-state index < -0.39 is 0 Å². The average Bonchev–Trinajstić information content (AvgIpc) is 3.01. The third-order valence-electron chi connectivity index (χ3n) is 4.66. The first-order chi connectivity index (χ1) is 10.2. The van der Waals surface area contributed by atoms with Crippen LogP contribution in [0.15, 0.2) is 24.8 Å². The van der Waals surface area contributed by atoms with Gasteiger partial charge in [0.1, 0.15) is 5.82 Å². The summed E-state index contributed by atoms with van der Waals surface area (Å²) in [6.45, 7) is 2.00. The van der Waals surface area contributed by atoms with Gasteiger partial charge in [-0.2, -0.15) is 5.10 Å².